The van der Waals surface area contributed by atoms with Gasteiger partial charge in [0.25, 0.3) is 0 Å². The first-order valence-corrected chi connectivity index (χ1v) is 8.73. The van der Waals surface area contributed by atoms with Crippen molar-refractivity contribution < 1.29 is 14.6 Å². The fourth-order valence-electron chi connectivity index (χ4n) is 2.30. The maximum atomic E-state index is 11.2. The molecule has 0 aliphatic carbocycles. The number of hydrogen-bond donors (Lipinski definition) is 1. The van der Waals surface area contributed by atoms with Crippen LogP contribution >= 0.6 is 0 Å². The molecule has 3 aromatic rings. The Morgan fingerprint density at radius 1 is 0.808 bits per heavy atom. The second-order valence-corrected chi connectivity index (χ2v) is 5.83. The lowest BCUT2D eigenvalue weighted by Crippen LogP contribution is -2.05. The van der Waals surface area contributed by atoms with Gasteiger partial charge in [-0.2, -0.15) is 0 Å². The van der Waals surface area contributed by atoms with E-state index in [1.54, 1.807) is 0 Å². The normalized spacial score (nSPS) is 9.73. The summed E-state index contributed by atoms with van der Waals surface area (Å²) >= 11 is 0. The van der Waals surface area contributed by atoms with Gasteiger partial charge in [0, 0.05) is 0 Å². The van der Waals surface area contributed by atoms with Crippen LogP contribution in [0.25, 0.3) is 0 Å². The minimum atomic E-state index is -0.346. The van der Waals surface area contributed by atoms with Crippen LogP contribution in [0.5, 0.6) is 5.75 Å². The Morgan fingerprint density at radius 2 is 1.31 bits per heavy atom. The van der Waals surface area contributed by atoms with Gasteiger partial charge < -0.3 is 9.84 Å². The predicted octanol–water partition coefficient (Wildman–Crippen LogP) is 5.24. The highest BCUT2D eigenvalue weighted by molar-refractivity contribution is 5.89. The van der Waals surface area contributed by atoms with E-state index in [1.165, 1.54) is 35.4 Å². The molecule has 0 amide bonds. The minimum Gasteiger partial charge on any atom is -0.508 e. The van der Waals surface area contributed by atoms with Gasteiger partial charge in [-0.15, -0.1) is 0 Å². The van der Waals surface area contributed by atoms with E-state index < -0.39 is 0 Å². The van der Waals surface area contributed by atoms with E-state index in [0.717, 1.165) is 12.8 Å². The summed E-state index contributed by atoms with van der Waals surface area (Å²) in [7, 11) is 0. The van der Waals surface area contributed by atoms with Crippen LogP contribution in [0.2, 0.25) is 0 Å². The summed E-state index contributed by atoms with van der Waals surface area (Å²) in [5.74, 6) is -0.200. The van der Waals surface area contributed by atoms with Gasteiger partial charge in [0.15, 0.2) is 0 Å². The summed E-state index contributed by atoms with van der Waals surface area (Å²) in [6, 6.07) is 27.1. The fraction of sp³-hybridized carbons (Fsp3) is 0.174. The van der Waals surface area contributed by atoms with Crippen LogP contribution in [-0.4, -0.2) is 17.7 Å². The molecule has 0 heterocycles. The average Bonchev–Trinajstić information content (AvgIpc) is 2.69. The number of carbonyl (C=O) groups excluding carboxylic acids is 1. The molecule has 1 N–H and O–H groups in total. The molecule has 0 saturated heterocycles. The van der Waals surface area contributed by atoms with Gasteiger partial charge in [0.05, 0.1) is 12.2 Å². The Labute approximate surface area is 154 Å². The van der Waals surface area contributed by atoms with Crippen LogP contribution in [0.4, 0.5) is 0 Å². The lowest BCUT2D eigenvalue weighted by Gasteiger charge is -2.02. The number of phenols is 1. The zero-order valence-corrected chi connectivity index (χ0v) is 15.0. The first kappa shape index (κ1) is 19.3. The van der Waals surface area contributed by atoms with Gasteiger partial charge in [-0.3, -0.25) is 0 Å². The van der Waals surface area contributed by atoms with Gasteiger partial charge in [-0.05, 0) is 48.2 Å². The number of aromatic hydroxyl groups is 1. The lowest BCUT2D eigenvalue weighted by atomic mass is 10.1. The van der Waals surface area contributed by atoms with Crippen molar-refractivity contribution in [1.82, 2.24) is 0 Å². The van der Waals surface area contributed by atoms with Crippen LogP contribution in [-0.2, 0) is 11.2 Å². The monoisotopic (exact) mass is 348 g/mol. The van der Waals surface area contributed by atoms with E-state index in [-0.39, 0.29) is 11.7 Å². The van der Waals surface area contributed by atoms with Gasteiger partial charge >= 0.3 is 5.97 Å². The van der Waals surface area contributed by atoms with E-state index >= 15 is 0 Å². The van der Waals surface area contributed by atoms with E-state index in [2.05, 4.69) is 60.7 Å². The molecule has 0 aliphatic rings. The van der Waals surface area contributed by atoms with E-state index in [0.29, 0.717) is 12.2 Å². The molecule has 3 heteroatoms. The Hall–Kier alpha value is -3.07. The summed E-state index contributed by atoms with van der Waals surface area (Å²) in [6.45, 7) is 2.36. The zero-order chi connectivity index (χ0) is 18.6. The second-order valence-electron chi connectivity index (χ2n) is 5.83. The van der Waals surface area contributed by atoms with Gasteiger partial charge in [0.2, 0.25) is 0 Å². The third-order valence-corrected chi connectivity index (χ3v) is 3.63. The van der Waals surface area contributed by atoms with Crippen molar-refractivity contribution in [2.75, 3.05) is 6.61 Å². The van der Waals surface area contributed by atoms with Gasteiger partial charge in [-0.25, -0.2) is 4.79 Å². The van der Waals surface area contributed by atoms with E-state index in [1.807, 2.05) is 6.92 Å². The molecule has 0 aromatic heterocycles. The number of carbonyl (C=O) groups is 1. The van der Waals surface area contributed by atoms with E-state index in [9.17, 15) is 4.79 Å². The standard InChI is InChI=1S/C13H12.C10H12O3/c1-3-7-12(8-4-1)11-13-9-5-2-6-10-13;1-2-7-13-10(12)8-3-5-9(11)6-4-8/h1-10H,11H2;3-6,11H,2,7H2,1H3. The SMILES string of the molecule is CCCOC(=O)c1ccc(O)cc1.c1ccc(Cc2ccccc2)cc1. The molecule has 0 spiro atoms. The third-order valence-electron chi connectivity index (χ3n) is 3.63. The lowest BCUT2D eigenvalue weighted by molar-refractivity contribution is 0.0505. The van der Waals surface area contributed by atoms with Crippen molar-refractivity contribution in [1.29, 1.82) is 0 Å². The number of rotatable bonds is 5. The highest BCUT2D eigenvalue weighted by Crippen LogP contribution is 2.10. The molecular formula is C23H24O3. The smallest absolute Gasteiger partial charge is 0.338 e. The number of benzene rings is 3. The predicted molar refractivity (Wildman–Crippen MR) is 104 cm³/mol. The topological polar surface area (TPSA) is 46.5 Å². The Bertz CT molecular complexity index is 728. The number of esters is 1. The quantitative estimate of drug-likeness (QED) is 0.642. The molecule has 134 valence electrons. The van der Waals surface area contributed by atoms with Crippen molar-refractivity contribution in [3.8, 4) is 5.75 Å². The summed E-state index contributed by atoms with van der Waals surface area (Å²) in [5.41, 5.74) is 3.20. The third kappa shape index (κ3) is 6.81. The molecule has 3 rings (SSSR count). The Morgan fingerprint density at radius 3 is 1.77 bits per heavy atom. The number of phenolic OH excluding ortho intramolecular Hbond substituents is 1. The van der Waals surface area contributed by atoms with Crippen molar-refractivity contribution in [3.63, 3.8) is 0 Å². The summed E-state index contributed by atoms with van der Waals surface area (Å²) in [4.78, 5) is 11.2. The summed E-state index contributed by atoms with van der Waals surface area (Å²) < 4.78 is 4.90. The van der Waals surface area contributed by atoms with Gasteiger partial charge in [-0.1, -0.05) is 67.6 Å². The highest BCUT2D eigenvalue weighted by atomic mass is 16.5. The molecule has 0 radical (unpaired) electrons. The highest BCUT2D eigenvalue weighted by Gasteiger charge is 2.05. The molecule has 0 saturated carbocycles. The Balaban J connectivity index is 0.000000187. The molecule has 26 heavy (non-hydrogen) atoms. The average molecular weight is 348 g/mol. The molecule has 0 unspecified atom stereocenters. The largest absolute Gasteiger partial charge is 0.508 e. The molecule has 0 bridgehead atoms. The molecule has 3 aromatic carbocycles. The van der Waals surface area contributed by atoms with Crippen LogP contribution in [0.3, 0.4) is 0 Å². The molecule has 3 nitrogen and oxygen atoms in total. The van der Waals surface area contributed by atoms with Gasteiger partial charge in [0.1, 0.15) is 5.75 Å². The molecular weight excluding hydrogens is 324 g/mol. The molecule has 0 fully saturated rings. The fourth-order valence-corrected chi connectivity index (χ4v) is 2.30. The van der Waals surface area contributed by atoms with Crippen molar-refractivity contribution >= 4 is 5.97 Å². The maximum absolute atomic E-state index is 11.2. The maximum Gasteiger partial charge on any atom is 0.338 e. The van der Waals surface area contributed by atoms with Crippen LogP contribution in [0.15, 0.2) is 84.9 Å². The van der Waals surface area contributed by atoms with Crippen LogP contribution in [0, 0.1) is 0 Å². The summed E-state index contributed by atoms with van der Waals surface area (Å²) in [6.07, 6.45) is 1.84. The summed E-state index contributed by atoms with van der Waals surface area (Å²) in [5, 5.41) is 8.96. The first-order chi connectivity index (χ1) is 12.7. The van der Waals surface area contributed by atoms with Crippen LogP contribution < -0.4 is 0 Å². The Kier molecular flexibility index (Phi) is 7.94. The second kappa shape index (κ2) is 10.7. The van der Waals surface area contributed by atoms with Crippen molar-refractivity contribution in [2.45, 2.75) is 19.8 Å². The van der Waals surface area contributed by atoms with E-state index in [4.69, 9.17) is 9.84 Å². The van der Waals surface area contributed by atoms with Crippen molar-refractivity contribution in [2.24, 2.45) is 0 Å². The first-order valence-electron chi connectivity index (χ1n) is 8.73. The van der Waals surface area contributed by atoms with Crippen molar-refractivity contribution in [3.05, 3.63) is 102 Å². The number of ether oxygens (including phenoxy) is 1. The zero-order valence-electron chi connectivity index (χ0n) is 15.0. The minimum absolute atomic E-state index is 0.145. The number of hydrogen-bond acceptors (Lipinski definition) is 3. The van der Waals surface area contributed by atoms with Crippen LogP contribution in [0.1, 0.15) is 34.8 Å². The molecule has 0 atom stereocenters. The molecule has 0 aliphatic heterocycles.